The molecule has 0 saturated heterocycles. The Hall–Kier alpha value is -1.88. The van der Waals surface area contributed by atoms with E-state index in [0.717, 1.165) is 22.5 Å². The Morgan fingerprint density at radius 1 is 1.60 bits per heavy atom. The van der Waals surface area contributed by atoms with Gasteiger partial charge in [-0.2, -0.15) is 0 Å². The van der Waals surface area contributed by atoms with E-state index in [4.69, 9.17) is 5.73 Å². The maximum atomic E-state index is 10.9. The monoisotopic (exact) mass is 204 g/mol. The maximum absolute atomic E-state index is 10.9. The van der Waals surface area contributed by atoms with Crippen LogP contribution in [0.4, 0.5) is 5.69 Å². The molecule has 1 amide bonds. The van der Waals surface area contributed by atoms with E-state index in [0.29, 0.717) is 6.54 Å². The highest BCUT2D eigenvalue weighted by atomic mass is 16.1. The van der Waals surface area contributed by atoms with Crippen LogP contribution in [0.25, 0.3) is 11.0 Å². The molecule has 2 aromatic rings. The third kappa shape index (κ3) is 1.97. The fraction of sp³-hybridized carbons (Fsp3) is 0.200. The molecule has 4 N–H and O–H groups in total. The van der Waals surface area contributed by atoms with Crippen molar-refractivity contribution in [2.24, 2.45) is 5.73 Å². The molecule has 1 heterocycles. The minimum absolute atomic E-state index is 0.0899. The molecule has 0 spiro atoms. The summed E-state index contributed by atoms with van der Waals surface area (Å²) in [5, 5.41) is 2.71. The Bertz CT molecular complexity index is 503. The van der Waals surface area contributed by atoms with Gasteiger partial charge >= 0.3 is 0 Å². The number of anilines is 1. The second-order valence-electron chi connectivity index (χ2n) is 3.30. The van der Waals surface area contributed by atoms with Gasteiger partial charge in [-0.15, -0.1) is 0 Å². The average molecular weight is 204 g/mol. The molecule has 2 rings (SSSR count). The van der Waals surface area contributed by atoms with Gasteiger partial charge in [-0.25, -0.2) is 4.98 Å². The first-order valence-corrected chi connectivity index (χ1v) is 4.65. The third-order valence-electron chi connectivity index (χ3n) is 2.04. The van der Waals surface area contributed by atoms with Gasteiger partial charge < -0.3 is 16.0 Å². The summed E-state index contributed by atoms with van der Waals surface area (Å²) in [6, 6.07) is 5.49. The number of aromatic amines is 1. The molecule has 0 saturated carbocycles. The van der Waals surface area contributed by atoms with E-state index in [2.05, 4.69) is 15.3 Å². The first-order chi connectivity index (χ1) is 7.19. The molecule has 0 aliphatic carbocycles. The lowest BCUT2D eigenvalue weighted by Crippen LogP contribution is -2.05. The largest absolute Gasteiger partial charge is 0.341 e. The SMILES string of the molecule is CC(=O)Nc1ccc2nc(CN)[nH]c2c1. The summed E-state index contributed by atoms with van der Waals surface area (Å²) in [4.78, 5) is 18.2. The molecule has 5 heteroatoms. The lowest BCUT2D eigenvalue weighted by molar-refractivity contribution is -0.114. The van der Waals surface area contributed by atoms with Crippen molar-refractivity contribution >= 4 is 22.6 Å². The molecule has 78 valence electrons. The van der Waals surface area contributed by atoms with Gasteiger partial charge in [-0.1, -0.05) is 0 Å². The maximum Gasteiger partial charge on any atom is 0.221 e. The van der Waals surface area contributed by atoms with E-state index < -0.39 is 0 Å². The van der Waals surface area contributed by atoms with Gasteiger partial charge in [-0.05, 0) is 18.2 Å². The highest BCUT2D eigenvalue weighted by molar-refractivity contribution is 5.91. The number of nitrogens with zero attached hydrogens (tertiary/aromatic N) is 1. The number of imidazole rings is 1. The Labute approximate surface area is 86.7 Å². The van der Waals surface area contributed by atoms with Crippen molar-refractivity contribution in [2.75, 3.05) is 5.32 Å². The molecule has 0 unspecified atom stereocenters. The molecular weight excluding hydrogens is 192 g/mol. The van der Waals surface area contributed by atoms with Gasteiger partial charge in [0.1, 0.15) is 5.82 Å². The summed E-state index contributed by atoms with van der Waals surface area (Å²) in [6.07, 6.45) is 0. The third-order valence-corrected chi connectivity index (χ3v) is 2.04. The number of nitrogens with two attached hydrogens (primary N) is 1. The van der Waals surface area contributed by atoms with Crippen molar-refractivity contribution in [3.05, 3.63) is 24.0 Å². The molecule has 0 aliphatic heterocycles. The lowest BCUT2D eigenvalue weighted by atomic mass is 10.3. The molecule has 0 aliphatic rings. The van der Waals surface area contributed by atoms with E-state index in [-0.39, 0.29) is 5.91 Å². The van der Waals surface area contributed by atoms with E-state index in [1.807, 2.05) is 18.2 Å². The van der Waals surface area contributed by atoms with Crippen LogP contribution in [0.2, 0.25) is 0 Å². The number of fused-ring (bicyclic) bond motifs is 1. The van der Waals surface area contributed by atoms with Gasteiger partial charge in [0, 0.05) is 12.6 Å². The predicted octanol–water partition coefficient (Wildman–Crippen LogP) is 0.980. The predicted molar refractivity (Wildman–Crippen MR) is 58.3 cm³/mol. The lowest BCUT2D eigenvalue weighted by Gasteiger charge is -2.00. The van der Waals surface area contributed by atoms with Crippen LogP contribution in [-0.2, 0) is 11.3 Å². The van der Waals surface area contributed by atoms with Crippen molar-refractivity contribution in [1.82, 2.24) is 9.97 Å². The van der Waals surface area contributed by atoms with Crippen LogP contribution in [0, 0.1) is 0 Å². The molecule has 0 radical (unpaired) electrons. The van der Waals surface area contributed by atoms with E-state index in [1.54, 1.807) is 0 Å². The topological polar surface area (TPSA) is 83.8 Å². The number of aromatic nitrogens is 2. The summed E-state index contributed by atoms with van der Waals surface area (Å²) < 4.78 is 0. The Kier molecular flexibility index (Phi) is 2.39. The summed E-state index contributed by atoms with van der Waals surface area (Å²) in [7, 11) is 0. The molecule has 0 bridgehead atoms. The molecule has 0 fully saturated rings. The summed E-state index contributed by atoms with van der Waals surface area (Å²) >= 11 is 0. The standard InChI is InChI=1S/C10H12N4O/c1-6(15)12-7-2-3-8-9(4-7)14-10(5-11)13-8/h2-4H,5,11H2,1H3,(H,12,15)(H,13,14). The van der Waals surface area contributed by atoms with Crippen LogP contribution in [0.1, 0.15) is 12.7 Å². The number of hydrogen-bond donors (Lipinski definition) is 3. The second kappa shape index (κ2) is 3.70. The highest BCUT2D eigenvalue weighted by Gasteiger charge is 2.02. The van der Waals surface area contributed by atoms with Crippen molar-refractivity contribution in [3.63, 3.8) is 0 Å². The molecule has 15 heavy (non-hydrogen) atoms. The number of hydrogen-bond acceptors (Lipinski definition) is 3. The second-order valence-corrected chi connectivity index (χ2v) is 3.30. The van der Waals surface area contributed by atoms with E-state index >= 15 is 0 Å². The number of benzene rings is 1. The van der Waals surface area contributed by atoms with Crippen LogP contribution in [0.5, 0.6) is 0 Å². The fourth-order valence-electron chi connectivity index (χ4n) is 1.44. The van der Waals surface area contributed by atoms with Gasteiger partial charge in [0.05, 0.1) is 17.6 Å². The van der Waals surface area contributed by atoms with Crippen molar-refractivity contribution < 1.29 is 4.79 Å². The van der Waals surface area contributed by atoms with Crippen LogP contribution in [0.15, 0.2) is 18.2 Å². The van der Waals surface area contributed by atoms with Crippen LogP contribution in [0.3, 0.4) is 0 Å². The van der Waals surface area contributed by atoms with Gasteiger partial charge in [0.2, 0.25) is 5.91 Å². The normalized spacial score (nSPS) is 10.5. The van der Waals surface area contributed by atoms with E-state index in [1.165, 1.54) is 6.92 Å². The minimum Gasteiger partial charge on any atom is -0.341 e. The van der Waals surface area contributed by atoms with Gasteiger partial charge in [0.15, 0.2) is 0 Å². The summed E-state index contributed by atoms with van der Waals surface area (Å²) in [5.41, 5.74) is 7.95. The first-order valence-electron chi connectivity index (χ1n) is 4.65. The number of nitrogens with one attached hydrogen (secondary N) is 2. The van der Waals surface area contributed by atoms with Crippen molar-refractivity contribution in [3.8, 4) is 0 Å². The Morgan fingerprint density at radius 2 is 2.40 bits per heavy atom. The zero-order chi connectivity index (χ0) is 10.8. The number of H-pyrrole nitrogens is 1. The van der Waals surface area contributed by atoms with Gasteiger partial charge in [-0.3, -0.25) is 4.79 Å². The fourth-order valence-corrected chi connectivity index (χ4v) is 1.44. The van der Waals surface area contributed by atoms with Crippen LogP contribution < -0.4 is 11.1 Å². The van der Waals surface area contributed by atoms with E-state index in [9.17, 15) is 4.79 Å². The Balaban J connectivity index is 2.41. The number of amides is 1. The zero-order valence-electron chi connectivity index (χ0n) is 8.37. The van der Waals surface area contributed by atoms with Crippen molar-refractivity contribution in [2.45, 2.75) is 13.5 Å². The summed E-state index contributed by atoms with van der Waals surface area (Å²) in [5.74, 6) is 0.651. The Morgan fingerprint density at radius 3 is 3.07 bits per heavy atom. The number of carbonyl (C=O) groups is 1. The molecule has 5 nitrogen and oxygen atoms in total. The number of rotatable bonds is 2. The molecule has 1 aromatic carbocycles. The minimum atomic E-state index is -0.0899. The summed E-state index contributed by atoms with van der Waals surface area (Å²) in [6.45, 7) is 1.85. The zero-order valence-corrected chi connectivity index (χ0v) is 8.37. The number of carbonyl (C=O) groups excluding carboxylic acids is 1. The van der Waals surface area contributed by atoms with Crippen LogP contribution >= 0.6 is 0 Å². The van der Waals surface area contributed by atoms with Crippen molar-refractivity contribution in [1.29, 1.82) is 0 Å². The molecule has 0 atom stereocenters. The first kappa shape index (κ1) is 9.67. The highest BCUT2D eigenvalue weighted by Crippen LogP contribution is 2.16. The smallest absolute Gasteiger partial charge is 0.221 e. The molecular formula is C10H12N4O. The average Bonchev–Trinajstić information content (AvgIpc) is 2.58. The van der Waals surface area contributed by atoms with Crippen LogP contribution in [-0.4, -0.2) is 15.9 Å². The molecule has 1 aromatic heterocycles. The van der Waals surface area contributed by atoms with Gasteiger partial charge in [0.25, 0.3) is 0 Å². The quantitative estimate of drug-likeness (QED) is 0.681.